The highest BCUT2D eigenvalue weighted by atomic mass is 79.9. The van der Waals surface area contributed by atoms with Crippen molar-refractivity contribution in [2.24, 2.45) is 0 Å². The van der Waals surface area contributed by atoms with E-state index in [1.807, 2.05) is 23.1 Å². The maximum atomic E-state index is 4.77. The van der Waals surface area contributed by atoms with Crippen LogP contribution < -0.4 is 4.90 Å². The van der Waals surface area contributed by atoms with Crippen LogP contribution in [0.1, 0.15) is 34.4 Å². The second-order valence-corrected chi connectivity index (χ2v) is 9.35. The zero-order chi connectivity index (χ0) is 19.8. The Kier molecular flexibility index (Phi) is 4.97. The topological polar surface area (TPSA) is 34.0 Å². The lowest BCUT2D eigenvalue weighted by Gasteiger charge is -2.28. The van der Waals surface area contributed by atoms with E-state index in [4.69, 9.17) is 4.98 Å². The number of fused-ring (bicyclic) bond motifs is 1. The first-order chi connectivity index (χ1) is 14.2. The third-order valence-corrected chi connectivity index (χ3v) is 7.26. The molecule has 1 unspecified atom stereocenters. The van der Waals surface area contributed by atoms with Crippen molar-refractivity contribution >= 4 is 32.4 Å². The molecule has 0 N–H and O–H groups in total. The van der Waals surface area contributed by atoms with E-state index >= 15 is 0 Å². The fourth-order valence-electron chi connectivity index (χ4n) is 3.83. The third kappa shape index (κ3) is 3.74. The van der Waals surface area contributed by atoms with E-state index in [1.54, 1.807) is 17.5 Å². The minimum atomic E-state index is 0.294. The summed E-state index contributed by atoms with van der Waals surface area (Å²) in [6.07, 6.45) is 6.89. The highest BCUT2D eigenvalue weighted by Gasteiger charge is 2.21. The maximum absolute atomic E-state index is 4.77. The molecule has 2 aromatic heterocycles. The third-order valence-electron chi connectivity index (χ3n) is 5.53. The number of nitrogens with zero attached hydrogens (tertiary/aromatic N) is 4. The van der Waals surface area contributed by atoms with Crippen molar-refractivity contribution in [3.05, 3.63) is 93.2 Å². The molecule has 0 fully saturated rings. The van der Waals surface area contributed by atoms with Gasteiger partial charge in [-0.25, -0.2) is 9.67 Å². The van der Waals surface area contributed by atoms with Crippen LogP contribution in [0.15, 0.2) is 71.6 Å². The predicted molar refractivity (Wildman–Crippen MR) is 122 cm³/mol. The number of anilines is 1. The molecule has 1 aliphatic heterocycles. The van der Waals surface area contributed by atoms with Gasteiger partial charge in [0.05, 0.1) is 5.69 Å². The highest BCUT2D eigenvalue weighted by molar-refractivity contribution is 9.10. The SMILES string of the molecule is CC(c1cccc(-n2cccn2)c1)c1cnc(N2CCc3ccc(Br)cc3C2)s1. The fraction of sp³-hybridized carbons (Fsp3) is 0.217. The number of aromatic nitrogens is 3. The Bertz CT molecular complexity index is 1140. The van der Waals surface area contributed by atoms with Crippen molar-refractivity contribution in [3.8, 4) is 5.69 Å². The minimum absolute atomic E-state index is 0.294. The van der Waals surface area contributed by atoms with Crippen molar-refractivity contribution in [2.75, 3.05) is 11.4 Å². The largest absolute Gasteiger partial charge is 0.343 e. The molecular formula is C23H21BrN4S. The first-order valence-electron chi connectivity index (χ1n) is 9.75. The summed E-state index contributed by atoms with van der Waals surface area (Å²) in [5, 5.41) is 5.46. The normalized spacial score (nSPS) is 14.6. The number of hydrogen-bond acceptors (Lipinski definition) is 4. The summed E-state index contributed by atoms with van der Waals surface area (Å²) in [6, 6.07) is 17.1. The van der Waals surface area contributed by atoms with E-state index in [0.29, 0.717) is 5.92 Å². The second-order valence-electron chi connectivity index (χ2n) is 7.40. The van der Waals surface area contributed by atoms with E-state index in [0.717, 1.165) is 34.8 Å². The Morgan fingerprint density at radius 3 is 2.90 bits per heavy atom. The quantitative estimate of drug-likeness (QED) is 0.382. The molecule has 2 aromatic carbocycles. The van der Waals surface area contributed by atoms with Crippen molar-refractivity contribution in [2.45, 2.75) is 25.8 Å². The highest BCUT2D eigenvalue weighted by Crippen LogP contribution is 2.35. The Morgan fingerprint density at radius 1 is 1.10 bits per heavy atom. The van der Waals surface area contributed by atoms with Gasteiger partial charge in [-0.15, -0.1) is 11.3 Å². The summed E-state index contributed by atoms with van der Waals surface area (Å²) < 4.78 is 3.04. The fourth-order valence-corrected chi connectivity index (χ4v) is 5.26. The van der Waals surface area contributed by atoms with Gasteiger partial charge in [-0.1, -0.05) is 41.1 Å². The van der Waals surface area contributed by atoms with Crippen molar-refractivity contribution in [1.82, 2.24) is 14.8 Å². The smallest absolute Gasteiger partial charge is 0.185 e. The molecule has 0 aliphatic carbocycles. The Hall–Kier alpha value is -2.44. The van der Waals surface area contributed by atoms with E-state index in [-0.39, 0.29) is 0 Å². The van der Waals surface area contributed by atoms with Crippen LogP contribution in [-0.2, 0) is 13.0 Å². The van der Waals surface area contributed by atoms with Crippen LogP contribution in [0.2, 0.25) is 0 Å². The Morgan fingerprint density at radius 2 is 2.03 bits per heavy atom. The maximum Gasteiger partial charge on any atom is 0.185 e. The lowest BCUT2D eigenvalue weighted by molar-refractivity contribution is 0.728. The number of rotatable bonds is 4. The zero-order valence-electron chi connectivity index (χ0n) is 16.1. The average molecular weight is 465 g/mol. The van der Waals surface area contributed by atoms with Gasteiger partial charge < -0.3 is 4.90 Å². The van der Waals surface area contributed by atoms with Gasteiger partial charge in [0, 0.05) is 46.9 Å². The molecule has 0 radical (unpaired) electrons. The lowest BCUT2D eigenvalue weighted by Crippen LogP contribution is -2.30. The molecule has 0 bridgehead atoms. The van der Waals surface area contributed by atoms with Crippen LogP contribution in [-0.4, -0.2) is 21.3 Å². The number of halogens is 1. The molecule has 4 nitrogen and oxygen atoms in total. The predicted octanol–water partition coefficient (Wildman–Crippen LogP) is 5.81. The summed E-state index contributed by atoms with van der Waals surface area (Å²) in [5.41, 5.74) is 5.20. The van der Waals surface area contributed by atoms with E-state index in [2.05, 4.69) is 75.3 Å². The molecule has 0 spiro atoms. The minimum Gasteiger partial charge on any atom is -0.343 e. The summed E-state index contributed by atoms with van der Waals surface area (Å²) in [5.74, 6) is 0.294. The van der Waals surface area contributed by atoms with Crippen LogP contribution in [0.4, 0.5) is 5.13 Å². The van der Waals surface area contributed by atoms with Gasteiger partial charge >= 0.3 is 0 Å². The van der Waals surface area contributed by atoms with Gasteiger partial charge in [-0.3, -0.25) is 0 Å². The van der Waals surface area contributed by atoms with Crippen molar-refractivity contribution < 1.29 is 0 Å². The van der Waals surface area contributed by atoms with E-state index in [1.165, 1.54) is 21.6 Å². The standard InChI is InChI=1S/C23H21BrN4S/c1-16(18-4-2-5-21(13-18)28-10-3-9-26-28)22-14-25-23(29-22)27-11-8-17-6-7-20(24)12-19(17)15-27/h2-7,9-10,12-14,16H,8,11,15H2,1H3. The molecule has 1 aliphatic rings. The lowest BCUT2D eigenvalue weighted by atomic mass is 10.00. The van der Waals surface area contributed by atoms with Gasteiger partial charge in [-0.2, -0.15) is 5.10 Å². The van der Waals surface area contributed by atoms with Gasteiger partial charge in [0.1, 0.15) is 0 Å². The molecule has 0 saturated carbocycles. The van der Waals surface area contributed by atoms with Gasteiger partial charge in [0.25, 0.3) is 0 Å². The first-order valence-corrected chi connectivity index (χ1v) is 11.4. The van der Waals surface area contributed by atoms with Crippen LogP contribution in [0, 0.1) is 0 Å². The van der Waals surface area contributed by atoms with Crippen LogP contribution in [0.25, 0.3) is 5.69 Å². The summed E-state index contributed by atoms with van der Waals surface area (Å²) in [6.45, 7) is 4.19. The summed E-state index contributed by atoms with van der Waals surface area (Å²) >= 11 is 5.40. The first kappa shape index (κ1) is 18.6. The number of benzene rings is 2. The van der Waals surface area contributed by atoms with E-state index in [9.17, 15) is 0 Å². The van der Waals surface area contributed by atoms with Crippen LogP contribution in [0.5, 0.6) is 0 Å². The van der Waals surface area contributed by atoms with Gasteiger partial charge in [0.2, 0.25) is 0 Å². The molecule has 4 aromatic rings. The summed E-state index contributed by atoms with van der Waals surface area (Å²) in [7, 11) is 0. The monoisotopic (exact) mass is 464 g/mol. The number of thiazole rings is 1. The Balaban J connectivity index is 1.37. The molecule has 5 rings (SSSR count). The van der Waals surface area contributed by atoms with Crippen molar-refractivity contribution in [3.63, 3.8) is 0 Å². The molecule has 6 heteroatoms. The molecule has 0 saturated heterocycles. The van der Waals surface area contributed by atoms with Crippen LogP contribution >= 0.6 is 27.3 Å². The van der Waals surface area contributed by atoms with E-state index < -0.39 is 0 Å². The Labute approximate surface area is 183 Å². The molecule has 29 heavy (non-hydrogen) atoms. The van der Waals surface area contributed by atoms with Crippen LogP contribution in [0.3, 0.4) is 0 Å². The zero-order valence-corrected chi connectivity index (χ0v) is 18.5. The molecule has 146 valence electrons. The molecular weight excluding hydrogens is 444 g/mol. The molecule has 1 atom stereocenters. The summed E-state index contributed by atoms with van der Waals surface area (Å²) in [4.78, 5) is 8.46. The van der Waals surface area contributed by atoms with Crippen molar-refractivity contribution in [1.29, 1.82) is 0 Å². The van der Waals surface area contributed by atoms with Gasteiger partial charge in [-0.05, 0) is 53.4 Å². The average Bonchev–Trinajstić information content (AvgIpc) is 3.45. The van der Waals surface area contributed by atoms with Gasteiger partial charge in [0.15, 0.2) is 5.13 Å². The number of hydrogen-bond donors (Lipinski definition) is 0. The molecule has 0 amide bonds. The second kappa shape index (κ2) is 7.76. The molecule has 3 heterocycles.